The van der Waals surface area contributed by atoms with E-state index in [4.69, 9.17) is 10.00 Å². The van der Waals surface area contributed by atoms with E-state index in [9.17, 15) is 22.8 Å². The van der Waals surface area contributed by atoms with Crippen LogP contribution >= 0.6 is 0 Å². The van der Waals surface area contributed by atoms with Crippen molar-refractivity contribution in [2.45, 2.75) is 19.2 Å². The number of rotatable bonds is 4. The summed E-state index contributed by atoms with van der Waals surface area (Å²) in [5.41, 5.74) is -0.858. The molecule has 1 amide bonds. The largest absolute Gasteiger partial charge is 0.449 e. The van der Waals surface area contributed by atoms with E-state index in [0.29, 0.717) is 6.07 Å². The van der Waals surface area contributed by atoms with Crippen molar-refractivity contribution in [3.8, 4) is 6.07 Å². The second kappa shape index (κ2) is 7.70. The zero-order chi connectivity index (χ0) is 19.3. The predicted molar refractivity (Wildman–Crippen MR) is 86.1 cm³/mol. The van der Waals surface area contributed by atoms with E-state index < -0.39 is 29.7 Å². The molecular formula is C18H13F3N2O3. The van der Waals surface area contributed by atoms with Crippen LogP contribution in [0.5, 0.6) is 0 Å². The summed E-state index contributed by atoms with van der Waals surface area (Å²) in [5, 5.41) is 11.4. The van der Waals surface area contributed by atoms with Crippen molar-refractivity contribution in [3.05, 3.63) is 65.2 Å². The Morgan fingerprint density at radius 2 is 1.85 bits per heavy atom. The summed E-state index contributed by atoms with van der Waals surface area (Å²) in [4.78, 5) is 24.1. The van der Waals surface area contributed by atoms with E-state index in [2.05, 4.69) is 5.32 Å². The first-order valence-corrected chi connectivity index (χ1v) is 7.40. The molecule has 2 rings (SSSR count). The van der Waals surface area contributed by atoms with Gasteiger partial charge in [-0.25, -0.2) is 4.79 Å². The Morgan fingerprint density at radius 3 is 2.50 bits per heavy atom. The lowest BCUT2D eigenvalue weighted by Crippen LogP contribution is -2.30. The molecule has 134 valence electrons. The highest BCUT2D eigenvalue weighted by atomic mass is 19.4. The smallest absolute Gasteiger partial charge is 0.416 e. The molecular weight excluding hydrogens is 349 g/mol. The molecule has 2 aromatic rings. The van der Waals surface area contributed by atoms with Crippen LogP contribution in [0.15, 0.2) is 48.5 Å². The monoisotopic (exact) mass is 362 g/mol. The minimum absolute atomic E-state index is 0.220. The van der Waals surface area contributed by atoms with E-state index in [1.807, 2.05) is 6.07 Å². The van der Waals surface area contributed by atoms with Gasteiger partial charge in [-0.1, -0.05) is 18.2 Å². The number of halogens is 3. The highest BCUT2D eigenvalue weighted by Crippen LogP contribution is 2.29. The van der Waals surface area contributed by atoms with E-state index in [1.165, 1.54) is 19.1 Å². The Kier molecular flexibility index (Phi) is 5.62. The summed E-state index contributed by atoms with van der Waals surface area (Å²) < 4.78 is 43.0. The van der Waals surface area contributed by atoms with Crippen molar-refractivity contribution >= 4 is 17.6 Å². The van der Waals surface area contributed by atoms with E-state index >= 15 is 0 Å². The van der Waals surface area contributed by atoms with Gasteiger partial charge in [0.1, 0.15) is 6.07 Å². The van der Waals surface area contributed by atoms with Crippen LogP contribution in [-0.2, 0) is 15.7 Å². The Labute approximate surface area is 147 Å². The Morgan fingerprint density at radius 1 is 1.15 bits per heavy atom. The zero-order valence-corrected chi connectivity index (χ0v) is 13.5. The molecule has 0 aliphatic rings. The lowest BCUT2D eigenvalue weighted by Gasteiger charge is -2.15. The molecule has 5 nitrogen and oxygen atoms in total. The second-order valence-corrected chi connectivity index (χ2v) is 5.27. The van der Waals surface area contributed by atoms with Gasteiger partial charge in [-0.3, -0.25) is 4.79 Å². The molecule has 0 unspecified atom stereocenters. The second-order valence-electron chi connectivity index (χ2n) is 5.27. The van der Waals surface area contributed by atoms with Gasteiger partial charge in [-0.05, 0) is 37.3 Å². The molecule has 0 aliphatic carbocycles. The molecule has 1 N–H and O–H groups in total. The number of esters is 1. The van der Waals surface area contributed by atoms with Gasteiger partial charge >= 0.3 is 12.1 Å². The van der Waals surface area contributed by atoms with Crippen LogP contribution in [0.25, 0.3) is 0 Å². The Hall–Kier alpha value is -3.34. The molecule has 0 spiro atoms. The number of amides is 1. The van der Waals surface area contributed by atoms with E-state index in [1.54, 1.807) is 12.1 Å². The third-order valence-corrected chi connectivity index (χ3v) is 3.38. The topological polar surface area (TPSA) is 79.2 Å². The van der Waals surface area contributed by atoms with Gasteiger partial charge in [0.25, 0.3) is 5.91 Å². The van der Waals surface area contributed by atoms with Gasteiger partial charge in [0.05, 0.1) is 22.4 Å². The summed E-state index contributed by atoms with van der Waals surface area (Å²) in [7, 11) is 0. The molecule has 8 heteroatoms. The number of nitrogens with zero attached hydrogens (tertiary/aromatic N) is 1. The van der Waals surface area contributed by atoms with Gasteiger partial charge in [0.2, 0.25) is 0 Å². The number of ether oxygens (including phenoxy) is 1. The van der Waals surface area contributed by atoms with Crippen molar-refractivity contribution in [2.24, 2.45) is 0 Å². The Bertz CT molecular complexity index is 872. The number of anilines is 1. The lowest BCUT2D eigenvalue weighted by molar-refractivity contribution is -0.137. The number of benzene rings is 2. The standard InChI is InChI=1S/C18H13F3N2O3/c1-11(16(24)23-15-8-3-2-5-13(15)10-22)26-17(25)12-6-4-7-14(9-12)18(19,20)21/h2-9,11H,1H3,(H,23,24)/t11-/m1/s1. The van der Waals surface area contributed by atoms with E-state index in [0.717, 1.165) is 18.2 Å². The predicted octanol–water partition coefficient (Wildman–Crippen LogP) is 3.76. The van der Waals surface area contributed by atoms with Crippen LogP contribution in [0.2, 0.25) is 0 Å². The molecule has 0 saturated carbocycles. The molecule has 0 bridgehead atoms. The van der Waals surface area contributed by atoms with Gasteiger partial charge in [-0.15, -0.1) is 0 Å². The molecule has 2 aromatic carbocycles. The lowest BCUT2D eigenvalue weighted by atomic mass is 10.1. The van der Waals surface area contributed by atoms with Gasteiger partial charge in [0.15, 0.2) is 6.10 Å². The van der Waals surface area contributed by atoms with Crippen LogP contribution in [0, 0.1) is 11.3 Å². The first-order chi connectivity index (χ1) is 12.2. The fourth-order valence-corrected chi connectivity index (χ4v) is 2.03. The minimum atomic E-state index is -4.60. The van der Waals surface area contributed by atoms with Crippen molar-refractivity contribution in [1.82, 2.24) is 0 Å². The van der Waals surface area contributed by atoms with Crippen LogP contribution in [-0.4, -0.2) is 18.0 Å². The van der Waals surface area contributed by atoms with Crippen molar-refractivity contribution < 1.29 is 27.5 Å². The molecule has 0 heterocycles. The molecule has 0 saturated heterocycles. The maximum atomic E-state index is 12.7. The number of para-hydroxylation sites is 1. The molecule has 0 fully saturated rings. The number of nitriles is 1. The maximum absolute atomic E-state index is 12.7. The molecule has 0 radical (unpaired) electrons. The van der Waals surface area contributed by atoms with Crippen LogP contribution in [0.4, 0.5) is 18.9 Å². The quantitative estimate of drug-likeness (QED) is 0.840. The highest BCUT2D eigenvalue weighted by molar-refractivity contribution is 5.98. The maximum Gasteiger partial charge on any atom is 0.416 e. The first-order valence-electron chi connectivity index (χ1n) is 7.40. The number of hydrogen-bond acceptors (Lipinski definition) is 4. The molecule has 0 aliphatic heterocycles. The summed E-state index contributed by atoms with van der Waals surface area (Å²) in [6.45, 7) is 1.27. The third-order valence-electron chi connectivity index (χ3n) is 3.38. The number of nitrogens with one attached hydrogen (secondary N) is 1. The van der Waals surface area contributed by atoms with Crippen molar-refractivity contribution in [3.63, 3.8) is 0 Å². The van der Waals surface area contributed by atoms with Crippen LogP contribution in [0.1, 0.15) is 28.4 Å². The molecule has 26 heavy (non-hydrogen) atoms. The minimum Gasteiger partial charge on any atom is -0.449 e. The fraction of sp³-hybridized carbons (Fsp3) is 0.167. The summed E-state index contributed by atoms with van der Waals surface area (Å²) in [6, 6.07) is 11.8. The summed E-state index contributed by atoms with van der Waals surface area (Å²) >= 11 is 0. The normalized spacial score (nSPS) is 12.0. The number of carbonyl (C=O) groups is 2. The van der Waals surface area contributed by atoms with Crippen molar-refractivity contribution in [1.29, 1.82) is 5.26 Å². The van der Waals surface area contributed by atoms with Gasteiger partial charge < -0.3 is 10.1 Å². The Balaban J connectivity index is 2.07. The number of alkyl halides is 3. The number of hydrogen-bond donors (Lipinski definition) is 1. The highest BCUT2D eigenvalue weighted by Gasteiger charge is 2.31. The first kappa shape index (κ1) is 19.0. The average molecular weight is 362 g/mol. The summed E-state index contributed by atoms with van der Waals surface area (Å²) in [6.07, 6.45) is -5.87. The number of carbonyl (C=O) groups excluding carboxylic acids is 2. The van der Waals surface area contributed by atoms with Gasteiger partial charge in [0, 0.05) is 0 Å². The van der Waals surface area contributed by atoms with Crippen molar-refractivity contribution in [2.75, 3.05) is 5.32 Å². The van der Waals surface area contributed by atoms with Crippen LogP contribution < -0.4 is 5.32 Å². The fourth-order valence-electron chi connectivity index (χ4n) is 2.03. The average Bonchev–Trinajstić information content (AvgIpc) is 2.61. The van der Waals surface area contributed by atoms with Gasteiger partial charge in [-0.2, -0.15) is 18.4 Å². The SMILES string of the molecule is C[C@@H](OC(=O)c1cccc(C(F)(F)F)c1)C(=O)Nc1ccccc1C#N. The van der Waals surface area contributed by atoms with E-state index in [-0.39, 0.29) is 16.8 Å². The summed E-state index contributed by atoms with van der Waals surface area (Å²) in [5.74, 6) is -1.78. The third kappa shape index (κ3) is 4.60. The van der Waals surface area contributed by atoms with Crippen LogP contribution in [0.3, 0.4) is 0 Å². The zero-order valence-electron chi connectivity index (χ0n) is 13.5. The molecule has 0 aromatic heterocycles. The molecule has 1 atom stereocenters.